The topological polar surface area (TPSA) is 21.3 Å². The van der Waals surface area contributed by atoms with Gasteiger partial charge in [-0.3, -0.25) is 0 Å². The summed E-state index contributed by atoms with van der Waals surface area (Å²) in [6.45, 7) is 3.29. The van der Waals surface area contributed by atoms with Gasteiger partial charge in [-0.25, -0.2) is 0 Å². The Bertz CT molecular complexity index is 354. The second-order valence-electron chi connectivity index (χ2n) is 4.05. The number of fused-ring (bicyclic) bond motifs is 1. The molecule has 0 amide bonds. The average molecular weight is 237 g/mol. The molecule has 0 spiro atoms. The second kappa shape index (κ2) is 5.60. The maximum absolute atomic E-state index is 5.42. The Morgan fingerprint density at radius 1 is 1.50 bits per heavy atom. The highest BCUT2D eigenvalue weighted by atomic mass is 32.2. The predicted molar refractivity (Wildman–Crippen MR) is 70.2 cm³/mol. The molecule has 1 aliphatic heterocycles. The number of ether oxygens (including phenoxy) is 1. The van der Waals surface area contributed by atoms with Crippen molar-refractivity contribution in [1.82, 2.24) is 5.32 Å². The first-order valence-electron chi connectivity index (χ1n) is 5.83. The highest BCUT2D eigenvalue weighted by Crippen LogP contribution is 2.36. The predicted octanol–water partition coefficient (Wildman–Crippen LogP) is 2.98. The van der Waals surface area contributed by atoms with Gasteiger partial charge >= 0.3 is 0 Å². The summed E-state index contributed by atoms with van der Waals surface area (Å²) in [4.78, 5) is 0. The first kappa shape index (κ1) is 11.8. The van der Waals surface area contributed by atoms with Gasteiger partial charge < -0.3 is 10.1 Å². The lowest BCUT2D eigenvalue weighted by molar-refractivity contribution is 0.409. The van der Waals surface area contributed by atoms with Crippen LogP contribution in [0.15, 0.2) is 18.2 Å². The molecular formula is C13H19NOS. The number of hydrogen-bond donors (Lipinski definition) is 1. The van der Waals surface area contributed by atoms with Crippen LogP contribution in [-0.4, -0.2) is 19.4 Å². The van der Waals surface area contributed by atoms with E-state index < -0.39 is 0 Å². The van der Waals surface area contributed by atoms with E-state index in [0.717, 1.165) is 18.0 Å². The van der Waals surface area contributed by atoms with E-state index in [1.54, 1.807) is 7.11 Å². The molecule has 1 aromatic rings. The van der Waals surface area contributed by atoms with E-state index in [9.17, 15) is 0 Å². The summed E-state index contributed by atoms with van der Waals surface area (Å²) < 4.78 is 5.42. The van der Waals surface area contributed by atoms with Crippen LogP contribution >= 0.6 is 11.8 Å². The summed E-state index contributed by atoms with van der Waals surface area (Å²) in [6.07, 6.45) is 1.18. The van der Waals surface area contributed by atoms with Crippen LogP contribution in [0.1, 0.15) is 30.5 Å². The zero-order valence-corrected chi connectivity index (χ0v) is 10.8. The normalized spacial score (nSPS) is 19.2. The van der Waals surface area contributed by atoms with Crippen LogP contribution < -0.4 is 10.1 Å². The molecule has 16 heavy (non-hydrogen) atoms. The molecule has 0 saturated heterocycles. The van der Waals surface area contributed by atoms with Gasteiger partial charge in [-0.05, 0) is 24.6 Å². The van der Waals surface area contributed by atoms with Gasteiger partial charge in [-0.15, -0.1) is 0 Å². The summed E-state index contributed by atoms with van der Waals surface area (Å²) in [7, 11) is 1.75. The first-order chi connectivity index (χ1) is 7.86. The lowest BCUT2D eigenvalue weighted by Gasteiger charge is -2.27. The molecule has 1 atom stereocenters. The van der Waals surface area contributed by atoms with E-state index in [2.05, 4.69) is 30.4 Å². The van der Waals surface area contributed by atoms with Crippen molar-refractivity contribution in [2.75, 3.05) is 19.4 Å². The molecule has 1 aliphatic rings. The zero-order chi connectivity index (χ0) is 11.4. The second-order valence-corrected chi connectivity index (χ2v) is 5.08. The lowest BCUT2D eigenvalue weighted by Crippen LogP contribution is -2.27. The molecule has 88 valence electrons. The highest BCUT2D eigenvalue weighted by Gasteiger charge is 2.22. The molecule has 2 rings (SSSR count). The number of benzene rings is 1. The molecule has 0 radical (unpaired) electrons. The minimum atomic E-state index is 0.490. The van der Waals surface area contributed by atoms with Crippen molar-refractivity contribution in [2.45, 2.75) is 25.1 Å². The minimum absolute atomic E-state index is 0.490. The molecular weight excluding hydrogens is 218 g/mol. The van der Waals surface area contributed by atoms with E-state index in [-0.39, 0.29) is 0 Å². The van der Waals surface area contributed by atoms with Gasteiger partial charge in [0.2, 0.25) is 0 Å². The summed E-state index contributed by atoms with van der Waals surface area (Å²) in [5.41, 5.74) is 2.79. The SMILES string of the molecule is CCCNC1CSCc2c(OC)cccc21. The fourth-order valence-corrected chi connectivity index (χ4v) is 3.27. The Hall–Kier alpha value is -0.670. The molecule has 0 bridgehead atoms. The smallest absolute Gasteiger partial charge is 0.123 e. The van der Waals surface area contributed by atoms with E-state index in [1.807, 2.05) is 11.8 Å². The molecule has 0 fully saturated rings. The van der Waals surface area contributed by atoms with Crippen LogP contribution in [0.2, 0.25) is 0 Å². The molecule has 0 aromatic heterocycles. The fraction of sp³-hybridized carbons (Fsp3) is 0.538. The van der Waals surface area contributed by atoms with Gasteiger partial charge in [0.1, 0.15) is 5.75 Å². The van der Waals surface area contributed by atoms with Crippen molar-refractivity contribution in [3.8, 4) is 5.75 Å². The van der Waals surface area contributed by atoms with Crippen molar-refractivity contribution in [3.63, 3.8) is 0 Å². The third-order valence-electron chi connectivity index (χ3n) is 2.94. The van der Waals surface area contributed by atoms with E-state index in [4.69, 9.17) is 4.74 Å². The molecule has 1 N–H and O–H groups in total. The zero-order valence-electron chi connectivity index (χ0n) is 9.95. The summed E-state index contributed by atoms with van der Waals surface area (Å²) in [5, 5.41) is 3.60. The summed E-state index contributed by atoms with van der Waals surface area (Å²) in [6, 6.07) is 6.87. The molecule has 1 unspecified atom stereocenters. The molecule has 1 aromatic carbocycles. The molecule has 2 nitrogen and oxygen atoms in total. The minimum Gasteiger partial charge on any atom is -0.496 e. The van der Waals surface area contributed by atoms with Gasteiger partial charge in [-0.1, -0.05) is 19.1 Å². The fourth-order valence-electron chi connectivity index (χ4n) is 2.11. The summed E-state index contributed by atoms with van der Waals surface area (Å²) >= 11 is 1.98. The molecule has 0 saturated carbocycles. The van der Waals surface area contributed by atoms with Crippen LogP contribution in [0.5, 0.6) is 5.75 Å². The highest BCUT2D eigenvalue weighted by molar-refractivity contribution is 7.98. The Morgan fingerprint density at radius 3 is 3.12 bits per heavy atom. The Balaban J connectivity index is 2.24. The van der Waals surface area contributed by atoms with Gasteiger partial charge in [0.15, 0.2) is 0 Å². The van der Waals surface area contributed by atoms with Crippen molar-refractivity contribution < 1.29 is 4.74 Å². The van der Waals surface area contributed by atoms with Crippen molar-refractivity contribution in [2.24, 2.45) is 0 Å². The number of thioether (sulfide) groups is 1. The van der Waals surface area contributed by atoms with Crippen LogP contribution in [0.25, 0.3) is 0 Å². The van der Waals surface area contributed by atoms with Crippen molar-refractivity contribution >= 4 is 11.8 Å². The van der Waals surface area contributed by atoms with E-state index in [0.29, 0.717) is 6.04 Å². The third kappa shape index (κ3) is 2.36. The largest absolute Gasteiger partial charge is 0.496 e. The Kier molecular flexibility index (Phi) is 4.13. The van der Waals surface area contributed by atoms with Crippen LogP contribution in [-0.2, 0) is 5.75 Å². The Morgan fingerprint density at radius 2 is 2.38 bits per heavy atom. The first-order valence-corrected chi connectivity index (χ1v) is 6.99. The number of rotatable bonds is 4. The van der Waals surface area contributed by atoms with Gasteiger partial charge in [0, 0.05) is 23.1 Å². The maximum Gasteiger partial charge on any atom is 0.123 e. The quantitative estimate of drug-likeness (QED) is 0.870. The van der Waals surface area contributed by atoms with E-state index >= 15 is 0 Å². The number of hydrogen-bond acceptors (Lipinski definition) is 3. The molecule has 3 heteroatoms. The molecule has 0 aliphatic carbocycles. The van der Waals surface area contributed by atoms with Gasteiger partial charge in [0.05, 0.1) is 7.11 Å². The third-order valence-corrected chi connectivity index (χ3v) is 4.00. The Labute approximate surface area is 102 Å². The monoisotopic (exact) mass is 237 g/mol. The maximum atomic E-state index is 5.42. The molecule has 1 heterocycles. The van der Waals surface area contributed by atoms with Gasteiger partial charge in [-0.2, -0.15) is 11.8 Å². The van der Waals surface area contributed by atoms with Crippen LogP contribution in [0.4, 0.5) is 0 Å². The van der Waals surface area contributed by atoms with Gasteiger partial charge in [0.25, 0.3) is 0 Å². The lowest BCUT2D eigenvalue weighted by atomic mass is 10.0. The van der Waals surface area contributed by atoms with Crippen molar-refractivity contribution in [1.29, 1.82) is 0 Å². The number of nitrogens with one attached hydrogen (secondary N) is 1. The van der Waals surface area contributed by atoms with Crippen LogP contribution in [0, 0.1) is 0 Å². The average Bonchev–Trinajstić information content (AvgIpc) is 2.35. The van der Waals surface area contributed by atoms with E-state index in [1.165, 1.54) is 23.3 Å². The van der Waals surface area contributed by atoms with Crippen LogP contribution in [0.3, 0.4) is 0 Å². The standard InChI is InChI=1S/C13H19NOS/c1-3-7-14-12-9-16-8-11-10(12)5-4-6-13(11)15-2/h4-6,12,14H,3,7-9H2,1-2H3. The number of methoxy groups -OCH3 is 1. The van der Waals surface area contributed by atoms with Crippen molar-refractivity contribution in [3.05, 3.63) is 29.3 Å². The summed E-state index contributed by atoms with van der Waals surface area (Å²) in [5.74, 6) is 3.28.